The van der Waals surface area contributed by atoms with Crippen LogP contribution in [-0.2, 0) is 9.53 Å². The van der Waals surface area contributed by atoms with E-state index in [2.05, 4.69) is 15.3 Å². The Morgan fingerprint density at radius 3 is 2.73 bits per heavy atom. The number of ether oxygens (including phenoxy) is 2. The van der Waals surface area contributed by atoms with E-state index < -0.39 is 0 Å². The second kappa shape index (κ2) is 11.2. The second-order valence-electron chi connectivity index (χ2n) is 6.83. The molecule has 0 aromatic carbocycles. The Morgan fingerprint density at radius 2 is 2.07 bits per heavy atom. The van der Waals surface area contributed by atoms with Crippen LogP contribution in [0, 0.1) is 5.92 Å². The van der Waals surface area contributed by atoms with Gasteiger partial charge in [-0.1, -0.05) is 24.2 Å². The molecular formula is C20H26N4O4S2. The highest BCUT2D eigenvalue weighted by atomic mass is 32.2. The monoisotopic (exact) mass is 450 g/mol. The normalized spacial score (nSPS) is 13.8. The van der Waals surface area contributed by atoms with Gasteiger partial charge < -0.3 is 9.47 Å². The molecule has 1 N–H and O–H groups in total. The van der Waals surface area contributed by atoms with Gasteiger partial charge in [0.15, 0.2) is 5.13 Å². The molecule has 8 nitrogen and oxygen atoms in total. The summed E-state index contributed by atoms with van der Waals surface area (Å²) in [5.41, 5.74) is 0.716. The zero-order valence-corrected chi connectivity index (χ0v) is 18.8. The summed E-state index contributed by atoms with van der Waals surface area (Å²) in [6.07, 6.45) is 7.96. The van der Waals surface area contributed by atoms with Crippen LogP contribution >= 0.6 is 23.1 Å². The Kier molecular flexibility index (Phi) is 8.32. The van der Waals surface area contributed by atoms with Crippen molar-refractivity contribution in [2.75, 3.05) is 36.2 Å². The molecule has 10 heteroatoms. The first-order chi connectivity index (χ1) is 14.6. The van der Waals surface area contributed by atoms with Crippen LogP contribution in [0.5, 0.6) is 5.88 Å². The van der Waals surface area contributed by atoms with Gasteiger partial charge in [0.1, 0.15) is 0 Å². The molecule has 1 aliphatic rings. The fourth-order valence-corrected chi connectivity index (χ4v) is 4.94. The standard InChI is InChI=1S/C20H26N4O4S2/c1-3-28-17(25)13-29-18-11-22-19(30-18)23-20(26)24(12-14-6-4-5-7-14)15-8-9-16(27-2)21-10-15/h8-11,14H,3-7,12-13H2,1-2H3,(H,22,23,26). The zero-order chi connectivity index (χ0) is 21.3. The first-order valence-corrected chi connectivity index (χ1v) is 11.7. The van der Waals surface area contributed by atoms with E-state index in [1.165, 1.54) is 35.9 Å². The van der Waals surface area contributed by atoms with E-state index in [1.807, 2.05) is 6.07 Å². The molecular weight excluding hydrogens is 424 g/mol. The summed E-state index contributed by atoms with van der Waals surface area (Å²) in [5, 5.41) is 3.37. The van der Waals surface area contributed by atoms with Crippen LogP contribution in [0.25, 0.3) is 0 Å². The minimum absolute atomic E-state index is 0.217. The van der Waals surface area contributed by atoms with Crippen molar-refractivity contribution in [2.24, 2.45) is 5.92 Å². The largest absolute Gasteiger partial charge is 0.481 e. The van der Waals surface area contributed by atoms with Crippen LogP contribution in [0.4, 0.5) is 15.6 Å². The number of pyridine rings is 1. The van der Waals surface area contributed by atoms with E-state index >= 15 is 0 Å². The lowest BCUT2D eigenvalue weighted by atomic mass is 10.1. The summed E-state index contributed by atoms with van der Waals surface area (Å²) in [4.78, 5) is 34.8. The van der Waals surface area contributed by atoms with Gasteiger partial charge in [-0.05, 0) is 31.7 Å². The van der Waals surface area contributed by atoms with Crippen molar-refractivity contribution in [3.8, 4) is 5.88 Å². The van der Waals surface area contributed by atoms with Crippen LogP contribution < -0.4 is 15.0 Å². The summed E-state index contributed by atoms with van der Waals surface area (Å²) in [5.74, 6) is 0.929. The van der Waals surface area contributed by atoms with E-state index in [1.54, 1.807) is 37.4 Å². The number of urea groups is 1. The van der Waals surface area contributed by atoms with Crippen molar-refractivity contribution in [2.45, 2.75) is 36.8 Å². The van der Waals surface area contributed by atoms with Crippen molar-refractivity contribution in [3.05, 3.63) is 24.5 Å². The topological polar surface area (TPSA) is 93.6 Å². The molecule has 1 aliphatic carbocycles. The predicted molar refractivity (Wildman–Crippen MR) is 119 cm³/mol. The Hall–Kier alpha value is -2.33. The van der Waals surface area contributed by atoms with Gasteiger partial charge in [0.2, 0.25) is 5.88 Å². The number of amides is 2. The molecule has 0 bridgehead atoms. The van der Waals surface area contributed by atoms with Crippen molar-refractivity contribution < 1.29 is 19.1 Å². The third kappa shape index (κ3) is 6.33. The highest BCUT2D eigenvalue weighted by Gasteiger charge is 2.24. The molecule has 0 unspecified atom stereocenters. The maximum absolute atomic E-state index is 13.1. The van der Waals surface area contributed by atoms with E-state index in [0.717, 1.165) is 17.1 Å². The van der Waals surface area contributed by atoms with Gasteiger partial charge in [0.25, 0.3) is 0 Å². The van der Waals surface area contributed by atoms with Crippen LogP contribution in [0.3, 0.4) is 0 Å². The Balaban J connectivity index is 1.65. The fourth-order valence-electron chi connectivity index (χ4n) is 3.29. The van der Waals surface area contributed by atoms with E-state index in [4.69, 9.17) is 9.47 Å². The Labute approximate surface area is 184 Å². The molecule has 3 rings (SSSR count). The quantitative estimate of drug-likeness (QED) is 0.446. The highest BCUT2D eigenvalue weighted by Crippen LogP contribution is 2.30. The summed E-state index contributed by atoms with van der Waals surface area (Å²) in [6, 6.07) is 3.34. The molecule has 2 aromatic heterocycles. The third-order valence-electron chi connectivity index (χ3n) is 4.74. The minimum atomic E-state index is -0.267. The molecule has 1 fully saturated rings. The van der Waals surface area contributed by atoms with E-state index in [9.17, 15) is 9.59 Å². The summed E-state index contributed by atoms with van der Waals surface area (Å²) < 4.78 is 10.9. The molecule has 1 saturated carbocycles. The number of thioether (sulfide) groups is 1. The molecule has 0 aliphatic heterocycles. The maximum atomic E-state index is 13.1. The maximum Gasteiger partial charge on any atom is 0.328 e. The van der Waals surface area contributed by atoms with Crippen molar-refractivity contribution in [1.82, 2.24) is 9.97 Å². The molecule has 0 saturated heterocycles. The summed E-state index contributed by atoms with van der Waals surface area (Å²) >= 11 is 2.68. The van der Waals surface area contributed by atoms with Crippen LogP contribution in [0.15, 0.2) is 28.7 Å². The summed E-state index contributed by atoms with van der Waals surface area (Å²) in [7, 11) is 1.56. The number of methoxy groups -OCH3 is 1. The molecule has 0 spiro atoms. The average Bonchev–Trinajstić information content (AvgIpc) is 3.43. The lowest BCUT2D eigenvalue weighted by Crippen LogP contribution is -2.38. The number of carbonyl (C=O) groups is 2. The van der Waals surface area contributed by atoms with Gasteiger partial charge >= 0.3 is 12.0 Å². The van der Waals surface area contributed by atoms with Gasteiger partial charge in [-0.25, -0.2) is 14.8 Å². The predicted octanol–water partition coefficient (Wildman–Crippen LogP) is 4.43. The molecule has 0 radical (unpaired) electrons. The van der Waals surface area contributed by atoms with Crippen molar-refractivity contribution in [1.29, 1.82) is 0 Å². The Morgan fingerprint density at radius 1 is 1.27 bits per heavy atom. The number of thiazole rings is 1. The van der Waals surface area contributed by atoms with Crippen molar-refractivity contribution in [3.63, 3.8) is 0 Å². The lowest BCUT2D eigenvalue weighted by molar-refractivity contribution is -0.139. The van der Waals surface area contributed by atoms with Crippen LogP contribution in [0.2, 0.25) is 0 Å². The number of anilines is 2. The second-order valence-corrected chi connectivity index (χ2v) is 9.13. The third-order valence-corrected chi connectivity index (χ3v) is 6.82. The van der Waals surface area contributed by atoms with Crippen LogP contribution in [0.1, 0.15) is 32.6 Å². The number of carbonyl (C=O) groups excluding carboxylic acids is 2. The van der Waals surface area contributed by atoms with Gasteiger partial charge in [0, 0.05) is 12.6 Å². The molecule has 162 valence electrons. The van der Waals surface area contributed by atoms with Gasteiger partial charge in [-0.15, -0.1) is 11.8 Å². The first-order valence-electron chi connectivity index (χ1n) is 9.91. The molecule has 30 heavy (non-hydrogen) atoms. The number of esters is 1. The number of nitrogens with one attached hydrogen (secondary N) is 1. The van der Waals surface area contributed by atoms with Crippen LogP contribution in [-0.4, -0.2) is 48.0 Å². The van der Waals surface area contributed by atoms with Gasteiger partial charge in [0.05, 0.1) is 41.8 Å². The van der Waals surface area contributed by atoms with E-state index in [0.29, 0.717) is 35.8 Å². The molecule has 2 heterocycles. The number of aromatic nitrogens is 2. The minimum Gasteiger partial charge on any atom is -0.481 e. The molecule has 2 amide bonds. The van der Waals surface area contributed by atoms with Crippen molar-refractivity contribution >= 4 is 45.9 Å². The Bertz CT molecular complexity index is 838. The zero-order valence-electron chi connectivity index (χ0n) is 17.1. The smallest absolute Gasteiger partial charge is 0.328 e. The van der Waals surface area contributed by atoms with Gasteiger partial charge in [-0.2, -0.15) is 0 Å². The first kappa shape index (κ1) is 22.4. The number of hydrogen-bond acceptors (Lipinski definition) is 8. The fraction of sp³-hybridized carbons (Fsp3) is 0.500. The number of nitrogens with zero attached hydrogens (tertiary/aromatic N) is 3. The molecule has 0 atom stereocenters. The highest BCUT2D eigenvalue weighted by molar-refractivity contribution is 8.01. The summed E-state index contributed by atoms with van der Waals surface area (Å²) in [6.45, 7) is 2.77. The molecule has 2 aromatic rings. The number of hydrogen-bond donors (Lipinski definition) is 1. The van der Waals surface area contributed by atoms with Gasteiger partial charge in [-0.3, -0.25) is 15.0 Å². The average molecular weight is 451 g/mol. The SMILES string of the molecule is CCOC(=O)CSc1cnc(NC(=O)N(CC2CCCC2)c2ccc(OC)nc2)s1. The number of rotatable bonds is 9. The lowest BCUT2D eigenvalue weighted by Gasteiger charge is -2.25. The van der Waals surface area contributed by atoms with E-state index in [-0.39, 0.29) is 17.8 Å².